The minimum atomic E-state index is -0.0900. The van der Waals surface area contributed by atoms with Crippen LogP contribution in [0.2, 0.25) is 5.02 Å². The van der Waals surface area contributed by atoms with Gasteiger partial charge in [0.25, 0.3) is 0 Å². The van der Waals surface area contributed by atoms with Crippen molar-refractivity contribution in [3.8, 4) is 11.8 Å². The maximum Gasteiger partial charge on any atom is 0.138 e. The molecule has 6 rings (SSSR count). The zero-order valence-electron chi connectivity index (χ0n) is 20.6. The van der Waals surface area contributed by atoms with Gasteiger partial charge in [-0.2, -0.15) is 10.4 Å². The number of fused-ring (bicyclic) bond motifs is 3. The Labute approximate surface area is 220 Å². The van der Waals surface area contributed by atoms with Crippen LogP contribution in [0, 0.1) is 11.3 Å². The number of piperazine rings is 1. The lowest BCUT2D eigenvalue weighted by atomic mass is 9.87. The van der Waals surface area contributed by atoms with E-state index in [2.05, 4.69) is 37.7 Å². The molecule has 3 aliphatic heterocycles. The molecule has 3 aliphatic rings. The fraction of sp³-hybridized carbons (Fsp3) is 0.333. The van der Waals surface area contributed by atoms with Crippen LogP contribution >= 0.6 is 11.6 Å². The highest BCUT2D eigenvalue weighted by Crippen LogP contribution is 2.35. The Morgan fingerprint density at radius 3 is 2.81 bits per heavy atom. The van der Waals surface area contributed by atoms with Crippen molar-refractivity contribution in [2.24, 2.45) is 4.99 Å². The normalized spacial score (nSPS) is 20.0. The molecule has 0 aliphatic carbocycles. The third-order valence-electron chi connectivity index (χ3n) is 6.94. The van der Waals surface area contributed by atoms with Crippen LogP contribution in [0.25, 0.3) is 11.1 Å². The van der Waals surface area contributed by atoms with Gasteiger partial charge in [-0.15, -0.1) is 0 Å². The molecular formula is C27H28ClN7O2. The van der Waals surface area contributed by atoms with E-state index in [9.17, 15) is 5.26 Å². The summed E-state index contributed by atoms with van der Waals surface area (Å²) in [6, 6.07) is 8.83. The third kappa shape index (κ3) is 5.09. The summed E-state index contributed by atoms with van der Waals surface area (Å²) in [5.74, 6) is 1.38. The predicted molar refractivity (Wildman–Crippen MR) is 142 cm³/mol. The van der Waals surface area contributed by atoms with Crippen LogP contribution < -0.4 is 4.74 Å². The third-order valence-corrected chi connectivity index (χ3v) is 7.16. The van der Waals surface area contributed by atoms with Crippen molar-refractivity contribution in [2.75, 3.05) is 26.3 Å². The highest BCUT2D eigenvalue weighted by Gasteiger charge is 2.44. The van der Waals surface area contributed by atoms with Crippen molar-refractivity contribution < 1.29 is 9.84 Å². The monoisotopic (exact) mass is 517 g/mol. The van der Waals surface area contributed by atoms with E-state index in [0.29, 0.717) is 33.9 Å². The molecule has 3 aromatic heterocycles. The first kappa shape index (κ1) is 25.0. The molecule has 1 N–H and O–H groups in total. The van der Waals surface area contributed by atoms with Gasteiger partial charge in [0.15, 0.2) is 0 Å². The van der Waals surface area contributed by atoms with Gasteiger partial charge >= 0.3 is 0 Å². The van der Waals surface area contributed by atoms with Crippen molar-refractivity contribution in [1.29, 1.82) is 5.26 Å². The van der Waals surface area contributed by atoms with Gasteiger partial charge in [-0.1, -0.05) is 17.7 Å². The van der Waals surface area contributed by atoms with Crippen molar-refractivity contribution >= 4 is 29.4 Å². The highest BCUT2D eigenvalue weighted by atomic mass is 35.5. The lowest BCUT2D eigenvalue weighted by Gasteiger charge is -2.56. The van der Waals surface area contributed by atoms with E-state index in [1.165, 1.54) is 6.42 Å². The summed E-state index contributed by atoms with van der Waals surface area (Å²) < 4.78 is 7.26. The maximum absolute atomic E-state index is 9.58. The van der Waals surface area contributed by atoms with Gasteiger partial charge in [0.2, 0.25) is 0 Å². The Balaban J connectivity index is 1.34. The fourth-order valence-corrected chi connectivity index (χ4v) is 5.20. The zero-order chi connectivity index (χ0) is 25.9. The number of halogens is 1. The molecule has 0 saturated carbocycles. The molecule has 6 heterocycles. The first-order chi connectivity index (χ1) is 18.0. The van der Waals surface area contributed by atoms with Gasteiger partial charge in [-0.25, -0.2) is 9.51 Å². The van der Waals surface area contributed by atoms with Gasteiger partial charge in [0.1, 0.15) is 24.2 Å². The number of ether oxygens (including phenoxy) is 1. The summed E-state index contributed by atoms with van der Waals surface area (Å²) in [5, 5.41) is 23.7. The number of rotatable bonds is 9. The Kier molecular flexibility index (Phi) is 7.24. The number of aliphatic hydroxyl groups is 1. The topological polar surface area (TPSA) is 102 Å². The number of piperidine rings is 1. The van der Waals surface area contributed by atoms with E-state index in [0.717, 1.165) is 42.3 Å². The summed E-state index contributed by atoms with van der Waals surface area (Å²) in [4.78, 5) is 13.5. The van der Waals surface area contributed by atoms with E-state index < -0.39 is 0 Å². The second-order valence-corrected chi connectivity index (χ2v) is 9.68. The minimum Gasteiger partial charge on any atom is -0.490 e. The molecule has 2 bridgehead atoms. The van der Waals surface area contributed by atoms with Crippen LogP contribution in [0.15, 0.2) is 59.8 Å². The van der Waals surface area contributed by atoms with Crippen LogP contribution in [-0.4, -0.2) is 74.6 Å². The highest BCUT2D eigenvalue weighted by molar-refractivity contribution is 6.30. The number of allylic oxidation sites excluding steroid dienone is 3. The number of pyridine rings is 2. The number of aliphatic imine (C=N–C) groups is 1. The molecule has 0 spiro atoms. The average molecular weight is 518 g/mol. The molecular weight excluding hydrogens is 490 g/mol. The quantitative estimate of drug-likeness (QED) is 0.342. The number of aliphatic hydroxyl groups excluding tert-OH is 1. The number of hydrogen-bond acceptors (Lipinski definition) is 8. The molecule has 3 saturated heterocycles. The SMILES string of the molecule is C=N/C(=C\C=C(/C)c1cc(OCCO)cn2ncc(C#N)c12)N1CC2CC(C1)N2Cc1ccc(Cl)cn1. The van der Waals surface area contributed by atoms with Crippen LogP contribution in [0.3, 0.4) is 0 Å². The lowest BCUT2D eigenvalue weighted by molar-refractivity contribution is -0.0651. The van der Waals surface area contributed by atoms with Crippen molar-refractivity contribution in [2.45, 2.75) is 32.0 Å². The molecule has 0 radical (unpaired) electrons. The van der Waals surface area contributed by atoms with Crippen LogP contribution in [0.1, 0.15) is 30.2 Å². The molecule has 2 atom stereocenters. The summed E-state index contributed by atoms with van der Waals surface area (Å²) in [6.07, 6.45) is 10.1. The van der Waals surface area contributed by atoms with Crippen LogP contribution in [-0.2, 0) is 6.54 Å². The second kappa shape index (κ2) is 10.7. The molecule has 2 unspecified atom stereocenters. The Morgan fingerprint density at radius 1 is 1.32 bits per heavy atom. The van der Waals surface area contributed by atoms with Crippen molar-refractivity contribution in [3.63, 3.8) is 0 Å². The van der Waals surface area contributed by atoms with E-state index >= 15 is 0 Å². The summed E-state index contributed by atoms with van der Waals surface area (Å²) >= 11 is 5.97. The van der Waals surface area contributed by atoms with Gasteiger partial charge < -0.3 is 14.7 Å². The molecule has 37 heavy (non-hydrogen) atoms. The van der Waals surface area contributed by atoms with Gasteiger partial charge in [-0.05, 0) is 49.9 Å². The summed E-state index contributed by atoms with van der Waals surface area (Å²) in [7, 11) is 0. The summed E-state index contributed by atoms with van der Waals surface area (Å²) in [5.41, 5.74) is 3.97. The summed E-state index contributed by atoms with van der Waals surface area (Å²) in [6.45, 7) is 8.44. The van der Waals surface area contributed by atoms with E-state index in [1.54, 1.807) is 23.1 Å². The second-order valence-electron chi connectivity index (χ2n) is 9.25. The van der Waals surface area contributed by atoms with Crippen LogP contribution in [0.4, 0.5) is 0 Å². The lowest BCUT2D eigenvalue weighted by Crippen LogP contribution is -2.67. The Morgan fingerprint density at radius 2 is 2.14 bits per heavy atom. The minimum absolute atomic E-state index is 0.0900. The maximum atomic E-state index is 9.58. The molecule has 190 valence electrons. The van der Waals surface area contributed by atoms with E-state index in [-0.39, 0.29) is 13.2 Å². The van der Waals surface area contributed by atoms with E-state index in [4.69, 9.17) is 21.4 Å². The standard InChI is InChI=1S/C27H28ClN7O2/c1-18(25-10-24(37-8-7-36)17-35-27(25)19(11-29)12-32-35)3-6-26(30-2)33-15-22-9-23(16-33)34(22)14-21-5-4-20(28)13-31-21/h3-6,10,12-13,17,22-23,36H,2,7-9,14-16H2,1H3/b18-3+,26-6+. The molecule has 0 amide bonds. The van der Waals surface area contributed by atoms with Crippen LogP contribution in [0.5, 0.6) is 5.75 Å². The first-order valence-electron chi connectivity index (χ1n) is 12.1. The molecule has 9 nitrogen and oxygen atoms in total. The largest absolute Gasteiger partial charge is 0.490 e. The first-order valence-corrected chi connectivity index (χ1v) is 12.5. The predicted octanol–water partition coefficient (Wildman–Crippen LogP) is 3.53. The number of hydrogen-bond donors (Lipinski definition) is 1. The Hall–Kier alpha value is -3.71. The van der Waals surface area contributed by atoms with E-state index in [1.807, 2.05) is 37.3 Å². The van der Waals surface area contributed by atoms with Crippen molar-refractivity contribution in [1.82, 2.24) is 24.4 Å². The van der Waals surface area contributed by atoms with Crippen molar-refractivity contribution in [3.05, 3.63) is 76.6 Å². The molecule has 3 fully saturated rings. The number of nitrogens with zero attached hydrogens (tertiary/aromatic N) is 7. The zero-order valence-corrected chi connectivity index (χ0v) is 21.3. The smallest absolute Gasteiger partial charge is 0.138 e. The molecule has 3 aromatic rings. The average Bonchev–Trinajstić information content (AvgIpc) is 3.34. The fourth-order valence-electron chi connectivity index (χ4n) is 5.09. The van der Waals surface area contributed by atoms with Gasteiger partial charge in [-0.3, -0.25) is 9.88 Å². The van der Waals surface area contributed by atoms with Gasteiger partial charge in [0, 0.05) is 43.5 Å². The van der Waals surface area contributed by atoms with Gasteiger partial charge in [0.05, 0.1) is 40.8 Å². The molecule has 0 aromatic carbocycles. The number of nitriles is 1. The Bertz CT molecular complexity index is 1390. The number of aromatic nitrogens is 3. The molecule has 10 heteroatoms.